The zero-order valence-corrected chi connectivity index (χ0v) is 17.6. The molecule has 0 rings (SSSR count). The van der Waals surface area contributed by atoms with Crippen LogP contribution >= 0.6 is 0 Å². The fraction of sp³-hybridized carbons (Fsp3) is 0.895. The molecule has 8 N–H and O–H groups in total. The minimum atomic E-state index is -1.02. The molecule has 0 radical (unpaired) electrons. The van der Waals surface area contributed by atoms with E-state index in [2.05, 4.69) is 18.7 Å². The van der Waals surface area contributed by atoms with E-state index in [1.807, 2.05) is 0 Å². The van der Waals surface area contributed by atoms with Crippen molar-refractivity contribution in [1.29, 1.82) is 0 Å². The highest BCUT2D eigenvalue weighted by atomic mass is 16.6. The third kappa shape index (κ3) is 12.2. The molecule has 28 heavy (non-hydrogen) atoms. The van der Waals surface area contributed by atoms with Crippen LogP contribution in [0.15, 0.2) is 0 Å². The van der Waals surface area contributed by atoms with E-state index < -0.39 is 30.3 Å². The first-order valence-corrected chi connectivity index (χ1v) is 10.4. The fourth-order valence-electron chi connectivity index (χ4n) is 2.77. The van der Waals surface area contributed by atoms with Gasteiger partial charge < -0.3 is 25.8 Å². The summed E-state index contributed by atoms with van der Waals surface area (Å²) in [5, 5.41) is 0. The minimum absolute atomic E-state index is 0.339. The number of rotatable bonds is 17. The van der Waals surface area contributed by atoms with E-state index in [4.69, 9.17) is 32.4 Å². The highest BCUT2D eigenvalue weighted by molar-refractivity contribution is 5.95. The Morgan fingerprint density at radius 1 is 0.786 bits per heavy atom. The SMILES string of the molecule is CCN(CC)CCCCC(C(=O)OC(N)CCCN)C(=O)OC(N)CCCN. The van der Waals surface area contributed by atoms with E-state index in [1.165, 1.54) is 0 Å². The predicted molar refractivity (Wildman–Crippen MR) is 110 cm³/mol. The predicted octanol–water partition coefficient (Wildman–Crippen LogP) is 0.249. The Morgan fingerprint density at radius 3 is 1.64 bits per heavy atom. The maximum absolute atomic E-state index is 12.5. The lowest BCUT2D eigenvalue weighted by Crippen LogP contribution is -2.38. The van der Waals surface area contributed by atoms with Gasteiger partial charge in [0.2, 0.25) is 0 Å². The Bertz CT molecular complexity index is 393. The van der Waals surface area contributed by atoms with Gasteiger partial charge in [0, 0.05) is 0 Å². The van der Waals surface area contributed by atoms with Crippen LogP contribution in [-0.2, 0) is 19.1 Å². The van der Waals surface area contributed by atoms with E-state index in [0.717, 1.165) is 26.1 Å². The molecule has 0 aliphatic heterocycles. The van der Waals surface area contributed by atoms with Crippen LogP contribution in [0.5, 0.6) is 0 Å². The highest BCUT2D eigenvalue weighted by Crippen LogP contribution is 2.16. The van der Waals surface area contributed by atoms with Crippen LogP contribution in [0.25, 0.3) is 0 Å². The number of hydrogen-bond donors (Lipinski definition) is 4. The summed E-state index contributed by atoms with van der Waals surface area (Å²) in [6.45, 7) is 7.97. The lowest BCUT2D eigenvalue weighted by atomic mass is 10.0. The molecule has 166 valence electrons. The number of carbonyl (C=O) groups is 2. The Labute approximate surface area is 169 Å². The van der Waals surface area contributed by atoms with Crippen molar-refractivity contribution in [3.63, 3.8) is 0 Å². The maximum Gasteiger partial charge on any atom is 0.321 e. The summed E-state index contributed by atoms with van der Waals surface area (Å²) in [7, 11) is 0. The van der Waals surface area contributed by atoms with Crippen LogP contribution in [0.1, 0.15) is 58.8 Å². The van der Waals surface area contributed by atoms with Gasteiger partial charge in [-0.2, -0.15) is 0 Å². The summed E-state index contributed by atoms with van der Waals surface area (Å²) in [5.41, 5.74) is 22.5. The first-order valence-electron chi connectivity index (χ1n) is 10.4. The van der Waals surface area contributed by atoms with Gasteiger partial charge in [0.15, 0.2) is 18.4 Å². The van der Waals surface area contributed by atoms with Crippen LogP contribution in [-0.4, -0.2) is 62.0 Å². The zero-order chi connectivity index (χ0) is 21.4. The van der Waals surface area contributed by atoms with Gasteiger partial charge in [-0.1, -0.05) is 20.3 Å². The molecule has 0 aliphatic carbocycles. The summed E-state index contributed by atoms with van der Waals surface area (Å²) in [6, 6.07) is 0. The molecule has 0 heterocycles. The molecule has 0 spiro atoms. The van der Waals surface area contributed by atoms with Gasteiger partial charge in [0.25, 0.3) is 0 Å². The molecule has 9 heteroatoms. The van der Waals surface area contributed by atoms with Crippen molar-refractivity contribution < 1.29 is 19.1 Å². The van der Waals surface area contributed by atoms with Crippen molar-refractivity contribution >= 4 is 11.9 Å². The third-order valence-corrected chi connectivity index (χ3v) is 4.60. The molecular weight excluding hydrogens is 362 g/mol. The van der Waals surface area contributed by atoms with E-state index in [1.54, 1.807) is 0 Å². The smallest absolute Gasteiger partial charge is 0.321 e. The number of esters is 2. The molecule has 0 aromatic carbocycles. The van der Waals surface area contributed by atoms with E-state index in [9.17, 15) is 9.59 Å². The molecular formula is C19H41N5O4. The van der Waals surface area contributed by atoms with Gasteiger partial charge in [-0.3, -0.25) is 21.1 Å². The maximum atomic E-state index is 12.5. The summed E-state index contributed by atoms with van der Waals surface area (Å²) in [4.78, 5) is 27.3. The Morgan fingerprint density at radius 2 is 1.25 bits per heavy atom. The lowest BCUT2D eigenvalue weighted by Gasteiger charge is -2.21. The quantitative estimate of drug-likeness (QED) is 0.115. The van der Waals surface area contributed by atoms with Gasteiger partial charge in [-0.05, 0) is 71.2 Å². The first-order chi connectivity index (χ1) is 13.4. The number of unbranched alkanes of at least 4 members (excludes halogenated alkanes) is 1. The van der Waals surface area contributed by atoms with E-state index in [0.29, 0.717) is 51.6 Å². The second-order valence-corrected chi connectivity index (χ2v) is 6.89. The van der Waals surface area contributed by atoms with Gasteiger partial charge >= 0.3 is 11.9 Å². The highest BCUT2D eigenvalue weighted by Gasteiger charge is 2.31. The molecule has 0 aliphatic rings. The molecule has 2 unspecified atom stereocenters. The molecule has 0 fully saturated rings. The van der Waals surface area contributed by atoms with Gasteiger partial charge in [-0.25, -0.2) is 0 Å². The third-order valence-electron chi connectivity index (χ3n) is 4.60. The number of hydrogen-bond acceptors (Lipinski definition) is 9. The second kappa shape index (κ2) is 16.7. The summed E-state index contributed by atoms with van der Waals surface area (Å²) >= 11 is 0. The van der Waals surface area contributed by atoms with Crippen LogP contribution in [0.4, 0.5) is 0 Å². The van der Waals surface area contributed by atoms with Crippen molar-refractivity contribution in [1.82, 2.24) is 4.90 Å². The summed E-state index contributed by atoms with van der Waals surface area (Å²) in [6.07, 6.45) is 2.50. The minimum Gasteiger partial charge on any atom is -0.446 e. The average Bonchev–Trinajstić information content (AvgIpc) is 2.67. The van der Waals surface area contributed by atoms with Crippen LogP contribution < -0.4 is 22.9 Å². The zero-order valence-electron chi connectivity index (χ0n) is 17.6. The molecule has 0 saturated heterocycles. The van der Waals surface area contributed by atoms with Crippen molar-refractivity contribution in [3.8, 4) is 0 Å². The van der Waals surface area contributed by atoms with E-state index >= 15 is 0 Å². The van der Waals surface area contributed by atoms with Gasteiger partial charge in [-0.15, -0.1) is 0 Å². The van der Waals surface area contributed by atoms with E-state index in [-0.39, 0.29) is 0 Å². The standard InChI is InChI=1S/C19H41N5O4/c1-3-24(4-2)14-6-5-9-15(18(25)27-16(22)10-7-12-20)19(26)28-17(23)11-8-13-21/h15-17H,3-14,20-23H2,1-2H3. The Balaban J connectivity index is 4.75. The Kier molecular flexibility index (Phi) is 15.9. The number of nitrogens with zero attached hydrogens (tertiary/aromatic N) is 1. The Hall–Kier alpha value is -1.26. The first kappa shape index (κ1) is 26.7. The van der Waals surface area contributed by atoms with Crippen LogP contribution in [0, 0.1) is 5.92 Å². The van der Waals surface area contributed by atoms with Crippen LogP contribution in [0.2, 0.25) is 0 Å². The van der Waals surface area contributed by atoms with Crippen LogP contribution in [0.3, 0.4) is 0 Å². The van der Waals surface area contributed by atoms with Crippen molar-refractivity contribution in [3.05, 3.63) is 0 Å². The topological polar surface area (TPSA) is 160 Å². The van der Waals surface area contributed by atoms with Gasteiger partial charge in [0.05, 0.1) is 0 Å². The summed E-state index contributed by atoms with van der Waals surface area (Å²) < 4.78 is 10.5. The van der Waals surface area contributed by atoms with Crippen molar-refractivity contribution in [2.45, 2.75) is 71.2 Å². The van der Waals surface area contributed by atoms with Crippen molar-refractivity contribution in [2.24, 2.45) is 28.9 Å². The average molecular weight is 404 g/mol. The molecule has 0 aromatic rings. The molecule has 9 nitrogen and oxygen atoms in total. The number of nitrogens with two attached hydrogens (primary N) is 4. The number of carbonyl (C=O) groups excluding carboxylic acids is 2. The van der Waals surface area contributed by atoms with Gasteiger partial charge in [0.1, 0.15) is 0 Å². The monoisotopic (exact) mass is 403 g/mol. The summed E-state index contributed by atoms with van der Waals surface area (Å²) in [5.74, 6) is -2.35. The van der Waals surface area contributed by atoms with Crippen molar-refractivity contribution in [2.75, 3.05) is 32.7 Å². The largest absolute Gasteiger partial charge is 0.446 e. The lowest BCUT2D eigenvalue weighted by molar-refractivity contribution is -0.168. The molecule has 0 saturated carbocycles. The molecule has 0 amide bonds. The molecule has 0 bridgehead atoms. The molecule has 2 atom stereocenters. The second-order valence-electron chi connectivity index (χ2n) is 6.89. The number of ether oxygens (including phenoxy) is 2. The molecule has 0 aromatic heterocycles. The normalized spacial score (nSPS) is 14.5. The fourth-order valence-corrected chi connectivity index (χ4v) is 2.77.